The van der Waals surface area contributed by atoms with Gasteiger partial charge in [-0.1, -0.05) is 0 Å². The van der Waals surface area contributed by atoms with E-state index in [1.54, 1.807) is 14.4 Å². The minimum atomic E-state index is -2.44. The Morgan fingerprint density at radius 2 is 1.43 bits per heavy atom. The first-order valence-corrected chi connectivity index (χ1v) is 19.6. The summed E-state index contributed by atoms with van der Waals surface area (Å²) in [6.07, 6.45) is 6.99. The Morgan fingerprint density at radius 3 is 1.98 bits per heavy atom. The van der Waals surface area contributed by atoms with Crippen molar-refractivity contribution in [3.05, 3.63) is 132 Å². The van der Waals surface area contributed by atoms with Crippen LogP contribution >= 0.6 is 11.3 Å². The van der Waals surface area contributed by atoms with Gasteiger partial charge in [-0.2, -0.15) is 0 Å². The molecule has 6 rings (SSSR count). The monoisotopic (exact) mass is 618 g/mol. The van der Waals surface area contributed by atoms with E-state index in [9.17, 15) is 0 Å². The third-order valence-corrected chi connectivity index (χ3v) is 16.8. The molecule has 2 aliphatic rings. The number of fused-ring (bicyclic) bond motifs is 3. The van der Waals surface area contributed by atoms with Gasteiger partial charge < -0.3 is 0 Å². The van der Waals surface area contributed by atoms with Crippen molar-refractivity contribution in [3.63, 3.8) is 0 Å². The quantitative estimate of drug-likeness (QED) is 0.208. The standard InChI is InChI=1S/C21H25.C9H7S.C8H8.Zr/c1-20(2,3)16-7-9-18-14(12-16)11-15-13-17(21(4,5)6)8-10-19(15)18;1-2-4-8(3-1)9-5-6-10-7-9;1-2-8-6-4-3-5-7-8;/h7-13H,1-6H3;1,3,5-7H,2H2;1,3-7H,2H2;. The predicted octanol–water partition coefficient (Wildman–Crippen LogP) is 10.4. The molecule has 4 aromatic rings. The Bertz CT molecular complexity index is 1570. The zero-order valence-corrected chi connectivity index (χ0v) is 28.0. The van der Waals surface area contributed by atoms with Gasteiger partial charge in [-0.15, -0.1) is 0 Å². The summed E-state index contributed by atoms with van der Waals surface area (Å²) >= 11 is -0.632. The SMILES string of the molecule is CC(C)(C)c1ccc2c(c1)[CH]([Zr](=[CH]Cc1ccccc1)[C]1=C(c3ccsc3)C=CC1)c1cc(C(C)(C)C)ccc1-2. The van der Waals surface area contributed by atoms with Crippen LogP contribution in [-0.2, 0) is 38.5 Å². The van der Waals surface area contributed by atoms with Crippen LogP contribution in [0.3, 0.4) is 0 Å². The van der Waals surface area contributed by atoms with E-state index in [2.05, 4.69) is 141 Å². The van der Waals surface area contributed by atoms with Crippen molar-refractivity contribution in [3.8, 4) is 11.1 Å². The van der Waals surface area contributed by atoms with E-state index in [0.717, 1.165) is 12.8 Å². The molecule has 0 nitrogen and oxygen atoms in total. The Kier molecular flexibility index (Phi) is 7.47. The molecule has 0 bridgehead atoms. The normalized spacial score (nSPS) is 15.6. The molecule has 1 aromatic heterocycles. The van der Waals surface area contributed by atoms with Crippen LogP contribution in [0.15, 0.2) is 99.0 Å². The van der Waals surface area contributed by atoms with Gasteiger partial charge in [0.2, 0.25) is 0 Å². The van der Waals surface area contributed by atoms with Crippen molar-refractivity contribution in [2.75, 3.05) is 0 Å². The van der Waals surface area contributed by atoms with Gasteiger partial charge in [-0.3, -0.25) is 0 Å². The molecule has 0 unspecified atom stereocenters. The van der Waals surface area contributed by atoms with Crippen LogP contribution in [0.1, 0.15) is 85.0 Å². The number of benzene rings is 3. The van der Waals surface area contributed by atoms with Crippen molar-refractivity contribution in [2.24, 2.45) is 0 Å². The van der Waals surface area contributed by atoms with Crippen LogP contribution in [0.5, 0.6) is 0 Å². The predicted molar refractivity (Wildman–Crippen MR) is 172 cm³/mol. The van der Waals surface area contributed by atoms with Crippen LogP contribution in [0, 0.1) is 0 Å². The molecule has 202 valence electrons. The second kappa shape index (κ2) is 10.8. The van der Waals surface area contributed by atoms with E-state index in [1.165, 1.54) is 39.0 Å². The summed E-state index contributed by atoms with van der Waals surface area (Å²) in [5.74, 6) is 0. The van der Waals surface area contributed by atoms with Gasteiger partial charge in [0.15, 0.2) is 0 Å². The maximum absolute atomic E-state index is 2.82. The van der Waals surface area contributed by atoms with Gasteiger partial charge in [-0.05, 0) is 0 Å². The average Bonchev–Trinajstić information content (AvgIpc) is 3.68. The summed E-state index contributed by atoms with van der Waals surface area (Å²) < 4.78 is 5.07. The molecule has 2 heteroatoms. The number of hydrogen-bond donors (Lipinski definition) is 0. The number of rotatable bonds is 5. The molecule has 0 aliphatic heterocycles. The van der Waals surface area contributed by atoms with Crippen molar-refractivity contribution in [1.82, 2.24) is 0 Å². The van der Waals surface area contributed by atoms with E-state index in [0.29, 0.717) is 3.63 Å². The average molecular weight is 620 g/mol. The Hall–Kier alpha value is -2.41. The topological polar surface area (TPSA) is 0 Å². The molecule has 2 aliphatic carbocycles. The first-order valence-electron chi connectivity index (χ1n) is 14.6. The van der Waals surface area contributed by atoms with E-state index in [1.807, 2.05) is 11.3 Å². The summed E-state index contributed by atoms with van der Waals surface area (Å²) in [6, 6.07) is 28.2. The Balaban J connectivity index is 1.61. The molecule has 0 N–H and O–H groups in total. The fourth-order valence-electron chi connectivity index (χ4n) is 6.25. The minimum absolute atomic E-state index is 0.123. The molecule has 3 aromatic carbocycles. The van der Waals surface area contributed by atoms with E-state index < -0.39 is 21.3 Å². The van der Waals surface area contributed by atoms with Crippen molar-refractivity contribution >= 4 is 20.6 Å². The van der Waals surface area contributed by atoms with Gasteiger partial charge in [-0.25, -0.2) is 0 Å². The second-order valence-corrected chi connectivity index (χ2v) is 20.3. The molecule has 1 heterocycles. The Morgan fingerprint density at radius 1 is 0.800 bits per heavy atom. The van der Waals surface area contributed by atoms with Crippen molar-refractivity contribution in [2.45, 2.75) is 68.8 Å². The third-order valence-electron chi connectivity index (χ3n) is 8.57. The van der Waals surface area contributed by atoms with Crippen LogP contribution in [-0.4, -0.2) is 3.71 Å². The van der Waals surface area contributed by atoms with Gasteiger partial charge in [0.1, 0.15) is 0 Å². The molecular formula is C38H40SZr. The van der Waals surface area contributed by atoms with Gasteiger partial charge in [0.05, 0.1) is 0 Å². The third kappa shape index (κ3) is 5.31. The van der Waals surface area contributed by atoms with Gasteiger partial charge in [0.25, 0.3) is 0 Å². The fourth-order valence-corrected chi connectivity index (χ4v) is 15.1. The second-order valence-electron chi connectivity index (χ2n) is 13.4. The Labute approximate surface area is 252 Å². The van der Waals surface area contributed by atoms with Crippen molar-refractivity contribution < 1.29 is 21.3 Å². The summed E-state index contributed by atoms with van der Waals surface area (Å²) in [7, 11) is 0. The summed E-state index contributed by atoms with van der Waals surface area (Å²) in [4.78, 5) is 0. The van der Waals surface area contributed by atoms with E-state index >= 15 is 0 Å². The van der Waals surface area contributed by atoms with Crippen LogP contribution in [0.25, 0.3) is 16.7 Å². The van der Waals surface area contributed by atoms with Crippen LogP contribution in [0.4, 0.5) is 0 Å². The number of allylic oxidation sites excluding steroid dienone is 4. The molecule has 0 spiro atoms. The molecule has 0 amide bonds. The zero-order valence-electron chi connectivity index (χ0n) is 24.7. The number of hydrogen-bond acceptors (Lipinski definition) is 1. The summed E-state index contributed by atoms with van der Waals surface area (Å²) in [5, 5.41) is 4.57. The fraction of sp³-hybridized carbons (Fsp3) is 0.289. The van der Waals surface area contributed by atoms with Gasteiger partial charge >= 0.3 is 254 Å². The summed E-state index contributed by atoms with van der Waals surface area (Å²) in [6.45, 7) is 14.1. The first-order chi connectivity index (χ1) is 19.1. The first kappa shape index (κ1) is 27.7. The molecule has 0 saturated heterocycles. The zero-order chi connectivity index (χ0) is 28.1. The maximum atomic E-state index is 2.82. The molecule has 0 fully saturated rings. The van der Waals surface area contributed by atoms with E-state index in [4.69, 9.17) is 0 Å². The van der Waals surface area contributed by atoms with Crippen LogP contribution < -0.4 is 0 Å². The van der Waals surface area contributed by atoms with Crippen molar-refractivity contribution in [1.29, 1.82) is 0 Å². The van der Waals surface area contributed by atoms with Gasteiger partial charge in [0, 0.05) is 0 Å². The van der Waals surface area contributed by atoms with E-state index in [-0.39, 0.29) is 10.8 Å². The molecule has 0 atom stereocenters. The molecule has 40 heavy (non-hydrogen) atoms. The molecular weight excluding hydrogens is 580 g/mol. The van der Waals surface area contributed by atoms with Crippen LogP contribution in [0.2, 0.25) is 0 Å². The molecule has 0 radical (unpaired) electrons. The summed E-state index contributed by atoms with van der Waals surface area (Å²) in [5.41, 5.74) is 13.6. The number of thiophene rings is 1. The molecule has 0 saturated carbocycles.